The molecular weight excluding hydrogens is 265 g/mol. The first kappa shape index (κ1) is 12.1. The highest BCUT2D eigenvalue weighted by molar-refractivity contribution is 6.31. The molecule has 0 atom stereocenters. The van der Waals surface area contributed by atoms with Crippen molar-refractivity contribution in [1.82, 2.24) is 4.98 Å². The average molecular weight is 276 g/mol. The maximum Gasteiger partial charge on any atom is 0.165 e. The molecule has 2 nitrogen and oxygen atoms in total. The lowest BCUT2D eigenvalue weighted by atomic mass is 10.2. The Morgan fingerprint density at radius 2 is 1.95 bits per heavy atom. The van der Waals surface area contributed by atoms with Gasteiger partial charge in [-0.15, -0.1) is 0 Å². The molecule has 1 N–H and O–H groups in total. The minimum Gasteiger partial charge on any atom is -0.484 e. The van der Waals surface area contributed by atoms with E-state index in [1.165, 1.54) is 6.07 Å². The Bertz CT molecular complexity index is 723. The van der Waals surface area contributed by atoms with Crippen molar-refractivity contribution in [3.8, 4) is 5.75 Å². The smallest absolute Gasteiger partial charge is 0.165 e. The van der Waals surface area contributed by atoms with Crippen molar-refractivity contribution in [2.45, 2.75) is 6.61 Å². The van der Waals surface area contributed by atoms with E-state index in [1.807, 2.05) is 24.3 Å². The van der Waals surface area contributed by atoms with Crippen molar-refractivity contribution >= 4 is 22.5 Å². The Balaban J connectivity index is 1.80. The van der Waals surface area contributed by atoms with E-state index in [0.717, 1.165) is 16.6 Å². The van der Waals surface area contributed by atoms with Crippen molar-refractivity contribution in [2.75, 3.05) is 0 Å². The van der Waals surface area contributed by atoms with E-state index in [4.69, 9.17) is 16.3 Å². The molecule has 0 aliphatic rings. The van der Waals surface area contributed by atoms with Gasteiger partial charge in [0.25, 0.3) is 0 Å². The number of para-hydroxylation sites is 1. The summed E-state index contributed by atoms with van der Waals surface area (Å²) < 4.78 is 18.8. The molecule has 0 bridgehead atoms. The Morgan fingerprint density at radius 1 is 1.11 bits per heavy atom. The molecular formula is C15H11ClFNO. The molecule has 0 aliphatic carbocycles. The largest absolute Gasteiger partial charge is 0.484 e. The molecule has 1 heterocycles. The fraction of sp³-hybridized carbons (Fsp3) is 0.0667. The van der Waals surface area contributed by atoms with E-state index in [0.29, 0.717) is 5.02 Å². The van der Waals surface area contributed by atoms with Gasteiger partial charge in [-0.1, -0.05) is 29.8 Å². The number of benzene rings is 2. The van der Waals surface area contributed by atoms with Crippen LogP contribution in [0.1, 0.15) is 5.69 Å². The molecule has 0 radical (unpaired) electrons. The third-order valence-corrected chi connectivity index (χ3v) is 3.10. The number of aromatic nitrogens is 1. The van der Waals surface area contributed by atoms with Crippen LogP contribution in [0.4, 0.5) is 4.39 Å². The van der Waals surface area contributed by atoms with Gasteiger partial charge in [-0.2, -0.15) is 0 Å². The summed E-state index contributed by atoms with van der Waals surface area (Å²) in [6.07, 6.45) is 0. The number of halogens is 2. The van der Waals surface area contributed by atoms with Crippen LogP contribution in [0.2, 0.25) is 5.02 Å². The second kappa shape index (κ2) is 4.94. The zero-order chi connectivity index (χ0) is 13.2. The summed E-state index contributed by atoms with van der Waals surface area (Å²) in [6.45, 7) is 0.285. The highest BCUT2D eigenvalue weighted by atomic mass is 35.5. The first-order valence-corrected chi connectivity index (χ1v) is 6.25. The molecule has 4 heteroatoms. The third kappa shape index (κ3) is 2.56. The van der Waals surface area contributed by atoms with E-state index >= 15 is 0 Å². The highest BCUT2D eigenvalue weighted by Gasteiger charge is 2.05. The molecule has 2 aromatic carbocycles. The van der Waals surface area contributed by atoms with E-state index in [2.05, 4.69) is 4.98 Å². The lowest BCUT2D eigenvalue weighted by Gasteiger charge is -2.05. The third-order valence-electron chi connectivity index (χ3n) is 2.86. The molecule has 0 saturated carbocycles. The number of hydrogen-bond acceptors (Lipinski definition) is 1. The first-order valence-electron chi connectivity index (χ1n) is 5.87. The van der Waals surface area contributed by atoms with Gasteiger partial charge >= 0.3 is 0 Å². The van der Waals surface area contributed by atoms with E-state index in [-0.39, 0.29) is 18.2 Å². The van der Waals surface area contributed by atoms with Crippen molar-refractivity contribution in [1.29, 1.82) is 0 Å². The van der Waals surface area contributed by atoms with Crippen LogP contribution in [-0.4, -0.2) is 4.98 Å². The molecule has 0 fully saturated rings. The van der Waals surface area contributed by atoms with E-state index in [1.54, 1.807) is 18.2 Å². The molecule has 0 spiro atoms. The summed E-state index contributed by atoms with van der Waals surface area (Å²) in [6, 6.07) is 13.9. The summed E-state index contributed by atoms with van der Waals surface area (Å²) >= 11 is 5.92. The van der Waals surface area contributed by atoms with Crippen LogP contribution in [0.5, 0.6) is 5.75 Å². The van der Waals surface area contributed by atoms with Gasteiger partial charge in [0.1, 0.15) is 6.61 Å². The molecule has 19 heavy (non-hydrogen) atoms. The summed E-state index contributed by atoms with van der Waals surface area (Å²) in [5, 5.41) is 1.73. The number of H-pyrrole nitrogens is 1. The van der Waals surface area contributed by atoms with Crippen LogP contribution < -0.4 is 4.74 Å². The second-order valence-corrected chi connectivity index (χ2v) is 4.68. The van der Waals surface area contributed by atoms with Crippen LogP contribution in [0.25, 0.3) is 10.9 Å². The number of ether oxygens (including phenoxy) is 1. The van der Waals surface area contributed by atoms with Gasteiger partial charge in [0, 0.05) is 10.5 Å². The van der Waals surface area contributed by atoms with Crippen molar-refractivity contribution < 1.29 is 9.13 Å². The topological polar surface area (TPSA) is 25.0 Å². The van der Waals surface area contributed by atoms with Gasteiger partial charge in [0.2, 0.25) is 0 Å². The van der Waals surface area contributed by atoms with Gasteiger partial charge in [0.05, 0.1) is 5.69 Å². The Hall–Kier alpha value is -2.00. The predicted molar refractivity (Wildman–Crippen MR) is 74.0 cm³/mol. The standard InChI is InChI=1S/C15H11ClFNO/c16-11-6-5-10-7-12(18-14(10)8-11)9-19-15-4-2-1-3-13(15)17/h1-8,18H,9H2. The van der Waals surface area contributed by atoms with E-state index < -0.39 is 0 Å². The maximum atomic E-state index is 13.4. The molecule has 0 amide bonds. The normalized spacial score (nSPS) is 10.8. The Morgan fingerprint density at radius 3 is 2.79 bits per heavy atom. The molecule has 0 saturated heterocycles. The van der Waals surface area contributed by atoms with Gasteiger partial charge in [0.15, 0.2) is 11.6 Å². The maximum absolute atomic E-state index is 13.4. The zero-order valence-electron chi connectivity index (χ0n) is 9.99. The van der Waals surface area contributed by atoms with Crippen LogP contribution in [0, 0.1) is 5.82 Å². The second-order valence-electron chi connectivity index (χ2n) is 4.25. The zero-order valence-corrected chi connectivity index (χ0v) is 10.7. The lowest BCUT2D eigenvalue weighted by molar-refractivity contribution is 0.287. The minimum absolute atomic E-state index is 0.249. The fourth-order valence-corrected chi connectivity index (χ4v) is 2.13. The van der Waals surface area contributed by atoms with Gasteiger partial charge < -0.3 is 9.72 Å². The summed E-state index contributed by atoms with van der Waals surface area (Å²) in [5.74, 6) is -0.110. The van der Waals surface area contributed by atoms with Crippen LogP contribution in [-0.2, 0) is 6.61 Å². The molecule has 0 aliphatic heterocycles. The molecule has 1 aromatic heterocycles. The fourth-order valence-electron chi connectivity index (χ4n) is 1.95. The monoisotopic (exact) mass is 275 g/mol. The van der Waals surface area contributed by atoms with Crippen molar-refractivity contribution in [3.05, 3.63) is 65.1 Å². The van der Waals surface area contributed by atoms with Crippen molar-refractivity contribution in [3.63, 3.8) is 0 Å². The molecule has 96 valence electrons. The number of fused-ring (bicyclic) bond motifs is 1. The summed E-state index contributed by atoms with van der Waals surface area (Å²) in [4.78, 5) is 3.19. The van der Waals surface area contributed by atoms with Gasteiger partial charge in [-0.05, 0) is 35.7 Å². The first-order chi connectivity index (χ1) is 9.22. The number of aromatic amines is 1. The lowest BCUT2D eigenvalue weighted by Crippen LogP contribution is -1.97. The van der Waals surface area contributed by atoms with Gasteiger partial charge in [-0.25, -0.2) is 4.39 Å². The Kier molecular flexibility index (Phi) is 3.13. The number of rotatable bonds is 3. The summed E-state index contributed by atoms with van der Waals surface area (Å²) in [5.41, 5.74) is 1.82. The summed E-state index contributed by atoms with van der Waals surface area (Å²) in [7, 11) is 0. The SMILES string of the molecule is Fc1ccccc1OCc1cc2ccc(Cl)cc2[nH]1. The predicted octanol–water partition coefficient (Wildman–Crippen LogP) is 4.54. The quantitative estimate of drug-likeness (QED) is 0.746. The van der Waals surface area contributed by atoms with Gasteiger partial charge in [-0.3, -0.25) is 0 Å². The van der Waals surface area contributed by atoms with Crippen LogP contribution in [0.3, 0.4) is 0 Å². The molecule has 3 aromatic rings. The Labute approximate surface area is 114 Å². The minimum atomic E-state index is -0.360. The van der Waals surface area contributed by atoms with Crippen LogP contribution in [0.15, 0.2) is 48.5 Å². The highest BCUT2D eigenvalue weighted by Crippen LogP contribution is 2.22. The number of nitrogens with one attached hydrogen (secondary N) is 1. The van der Waals surface area contributed by atoms with Crippen molar-refractivity contribution in [2.24, 2.45) is 0 Å². The molecule has 3 rings (SSSR count). The van der Waals surface area contributed by atoms with Crippen LogP contribution >= 0.6 is 11.6 Å². The van der Waals surface area contributed by atoms with E-state index in [9.17, 15) is 4.39 Å². The molecule has 0 unspecified atom stereocenters. The number of hydrogen-bond donors (Lipinski definition) is 1. The average Bonchev–Trinajstić information content (AvgIpc) is 2.79.